The third-order valence-corrected chi connectivity index (χ3v) is 1.93. The van der Waals surface area contributed by atoms with Gasteiger partial charge in [0.05, 0.1) is 0 Å². The van der Waals surface area contributed by atoms with Crippen molar-refractivity contribution in [1.82, 2.24) is 0 Å². The Balaban J connectivity index is 2.30. The fraction of sp³-hybridized carbons (Fsp3) is 0.500. The van der Waals surface area contributed by atoms with E-state index in [4.69, 9.17) is 0 Å². The Labute approximate surface area is 75.7 Å². The first-order valence-corrected chi connectivity index (χ1v) is 4.85. The minimum atomic E-state index is 1.06. The van der Waals surface area contributed by atoms with Crippen molar-refractivity contribution in [2.45, 2.75) is 38.5 Å². The van der Waals surface area contributed by atoms with Crippen molar-refractivity contribution < 1.29 is 0 Å². The van der Waals surface area contributed by atoms with Crippen LogP contribution in [0.2, 0.25) is 0 Å². The standard InChI is InChI=1S/C12H17/c1-2-4-6-8-10-12-11-9-7-5-3-1/h1-2,5,10,12H,3-4,6,8-9,11H2. The molecular weight excluding hydrogens is 144 g/mol. The maximum absolute atomic E-state index is 3.28. The van der Waals surface area contributed by atoms with E-state index in [9.17, 15) is 0 Å². The minimum absolute atomic E-state index is 1.06. The zero-order valence-electron chi connectivity index (χ0n) is 7.63. The lowest BCUT2D eigenvalue weighted by Crippen LogP contribution is -1.73. The Bertz CT molecular complexity index is 172. The summed E-state index contributed by atoms with van der Waals surface area (Å²) in [5.41, 5.74) is 0. The molecule has 0 bridgehead atoms. The highest BCUT2D eigenvalue weighted by molar-refractivity contribution is 4.92. The highest BCUT2D eigenvalue weighted by atomic mass is 13.9. The molecule has 0 aromatic heterocycles. The summed E-state index contributed by atoms with van der Waals surface area (Å²) in [5.74, 6) is 0. The molecule has 0 saturated heterocycles. The summed E-state index contributed by atoms with van der Waals surface area (Å²) in [6.07, 6.45) is 21.5. The molecular formula is C12H17. The molecule has 0 N–H and O–H groups in total. The summed E-state index contributed by atoms with van der Waals surface area (Å²) >= 11 is 0. The van der Waals surface area contributed by atoms with E-state index in [-0.39, 0.29) is 0 Å². The molecule has 0 atom stereocenters. The van der Waals surface area contributed by atoms with Crippen LogP contribution in [0.5, 0.6) is 0 Å². The molecule has 1 aliphatic rings. The van der Waals surface area contributed by atoms with Crippen LogP contribution in [0, 0.1) is 6.08 Å². The summed E-state index contributed by atoms with van der Waals surface area (Å²) in [4.78, 5) is 0. The maximum atomic E-state index is 3.28. The zero-order chi connectivity index (χ0) is 8.49. The minimum Gasteiger partial charge on any atom is -0.0885 e. The van der Waals surface area contributed by atoms with Crippen molar-refractivity contribution in [3.8, 4) is 0 Å². The van der Waals surface area contributed by atoms with Crippen LogP contribution in [-0.4, -0.2) is 0 Å². The van der Waals surface area contributed by atoms with Gasteiger partial charge in [-0.25, -0.2) is 0 Å². The number of allylic oxidation sites excluding steroid dienone is 6. The van der Waals surface area contributed by atoms with Crippen molar-refractivity contribution >= 4 is 0 Å². The molecule has 0 heterocycles. The van der Waals surface area contributed by atoms with Gasteiger partial charge in [0.1, 0.15) is 0 Å². The third-order valence-electron chi connectivity index (χ3n) is 1.93. The molecule has 0 aliphatic heterocycles. The van der Waals surface area contributed by atoms with Crippen molar-refractivity contribution in [2.75, 3.05) is 0 Å². The van der Waals surface area contributed by atoms with Crippen molar-refractivity contribution in [1.29, 1.82) is 0 Å². The molecule has 65 valence electrons. The normalized spacial score (nSPS) is 20.0. The predicted octanol–water partition coefficient (Wildman–Crippen LogP) is 3.81. The van der Waals surface area contributed by atoms with Crippen molar-refractivity contribution in [3.05, 3.63) is 36.5 Å². The molecule has 0 aromatic carbocycles. The lowest BCUT2D eigenvalue weighted by atomic mass is 10.1. The van der Waals surface area contributed by atoms with E-state index in [1.54, 1.807) is 0 Å². The van der Waals surface area contributed by atoms with Gasteiger partial charge < -0.3 is 0 Å². The quantitative estimate of drug-likeness (QED) is 0.474. The maximum Gasteiger partial charge on any atom is -0.0163 e. The Morgan fingerprint density at radius 1 is 0.833 bits per heavy atom. The average molecular weight is 161 g/mol. The van der Waals surface area contributed by atoms with Gasteiger partial charge in [-0.15, -0.1) is 0 Å². The van der Waals surface area contributed by atoms with Crippen molar-refractivity contribution in [3.63, 3.8) is 0 Å². The highest BCUT2D eigenvalue weighted by Crippen LogP contribution is 2.02. The van der Waals surface area contributed by atoms with Crippen LogP contribution < -0.4 is 0 Å². The molecule has 0 saturated carbocycles. The van der Waals surface area contributed by atoms with Gasteiger partial charge in [-0.3, -0.25) is 0 Å². The lowest BCUT2D eigenvalue weighted by Gasteiger charge is -1.92. The second-order valence-corrected chi connectivity index (χ2v) is 3.06. The van der Waals surface area contributed by atoms with E-state index < -0.39 is 0 Å². The summed E-state index contributed by atoms with van der Waals surface area (Å²) in [6, 6.07) is 0. The number of rotatable bonds is 0. The Kier molecular flexibility index (Phi) is 5.35. The van der Waals surface area contributed by atoms with E-state index in [1.165, 1.54) is 19.3 Å². The molecule has 0 unspecified atom stereocenters. The number of hydrogen-bond donors (Lipinski definition) is 0. The summed E-state index contributed by atoms with van der Waals surface area (Å²) in [5, 5.41) is 0. The van der Waals surface area contributed by atoms with Gasteiger partial charge in [0, 0.05) is 0 Å². The first-order valence-electron chi connectivity index (χ1n) is 4.85. The molecule has 0 fully saturated rings. The van der Waals surface area contributed by atoms with Crippen LogP contribution in [0.1, 0.15) is 38.5 Å². The van der Waals surface area contributed by atoms with Crippen LogP contribution >= 0.6 is 0 Å². The fourth-order valence-corrected chi connectivity index (χ4v) is 1.22. The molecule has 0 aromatic rings. The van der Waals surface area contributed by atoms with E-state index in [0.717, 1.165) is 19.3 Å². The Morgan fingerprint density at radius 3 is 2.50 bits per heavy atom. The van der Waals surface area contributed by atoms with Gasteiger partial charge >= 0.3 is 0 Å². The van der Waals surface area contributed by atoms with E-state index in [1.807, 2.05) is 0 Å². The highest BCUT2D eigenvalue weighted by Gasteiger charge is 1.83. The lowest BCUT2D eigenvalue weighted by molar-refractivity contribution is 0.858. The molecule has 12 heavy (non-hydrogen) atoms. The van der Waals surface area contributed by atoms with Crippen LogP contribution in [0.3, 0.4) is 0 Å². The van der Waals surface area contributed by atoms with Gasteiger partial charge in [-0.2, -0.15) is 0 Å². The second-order valence-electron chi connectivity index (χ2n) is 3.06. The predicted molar refractivity (Wildman–Crippen MR) is 53.8 cm³/mol. The van der Waals surface area contributed by atoms with Crippen LogP contribution in [-0.2, 0) is 0 Å². The zero-order valence-corrected chi connectivity index (χ0v) is 7.63. The van der Waals surface area contributed by atoms with Gasteiger partial charge in [0.15, 0.2) is 0 Å². The first kappa shape index (κ1) is 9.31. The largest absolute Gasteiger partial charge is 0.0885 e. The van der Waals surface area contributed by atoms with Gasteiger partial charge in [-0.05, 0) is 44.6 Å². The molecule has 1 radical (unpaired) electrons. The van der Waals surface area contributed by atoms with Gasteiger partial charge in [-0.1, -0.05) is 30.4 Å². The average Bonchev–Trinajstić information content (AvgIpc) is 2.05. The van der Waals surface area contributed by atoms with Crippen LogP contribution in [0.15, 0.2) is 30.4 Å². The molecule has 1 rings (SSSR count). The summed E-state index contributed by atoms with van der Waals surface area (Å²) < 4.78 is 0. The monoisotopic (exact) mass is 161 g/mol. The van der Waals surface area contributed by atoms with Crippen LogP contribution in [0.4, 0.5) is 0 Å². The SMILES string of the molecule is [C]1=CCC=CCCCC=CCC1. The molecule has 1 aliphatic carbocycles. The van der Waals surface area contributed by atoms with Crippen LogP contribution in [0.25, 0.3) is 0 Å². The number of hydrogen-bond acceptors (Lipinski definition) is 0. The Hall–Kier alpha value is -0.780. The van der Waals surface area contributed by atoms with E-state index >= 15 is 0 Å². The second kappa shape index (κ2) is 6.90. The molecule has 0 nitrogen and oxygen atoms in total. The van der Waals surface area contributed by atoms with Gasteiger partial charge in [0.2, 0.25) is 0 Å². The fourth-order valence-electron chi connectivity index (χ4n) is 1.22. The van der Waals surface area contributed by atoms with Crippen molar-refractivity contribution in [2.24, 2.45) is 0 Å². The molecule has 0 heteroatoms. The first-order chi connectivity index (χ1) is 6.00. The van der Waals surface area contributed by atoms with E-state index in [0.29, 0.717) is 0 Å². The molecule has 0 spiro atoms. The third kappa shape index (κ3) is 4.95. The van der Waals surface area contributed by atoms with E-state index in [2.05, 4.69) is 36.5 Å². The smallest absolute Gasteiger partial charge is 0.0163 e. The topological polar surface area (TPSA) is 0 Å². The Morgan fingerprint density at radius 2 is 1.58 bits per heavy atom. The summed E-state index contributed by atoms with van der Waals surface area (Å²) in [7, 11) is 0. The van der Waals surface area contributed by atoms with Gasteiger partial charge in [0.25, 0.3) is 0 Å². The molecule has 0 amide bonds. The summed E-state index contributed by atoms with van der Waals surface area (Å²) in [6.45, 7) is 0.